The summed E-state index contributed by atoms with van der Waals surface area (Å²) in [7, 11) is 1.64. The Morgan fingerprint density at radius 3 is 2.44 bits per heavy atom. The van der Waals surface area contributed by atoms with Crippen molar-refractivity contribution in [2.24, 2.45) is 0 Å². The van der Waals surface area contributed by atoms with Gasteiger partial charge in [-0.1, -0.05) is 48.5 Å². The first-order valence-electron chi connectivity index (χ1n) is 11.4. The molecule has 2 amide bonds. The van der Waals surface area contributed by atoms with Gasteiger partial charge in [-0.2, -0.15) is 0 Å². The maximum absolute atomic E-state index is 12.6. The van der Waals surface area contributed by atoms with Crippen LogP contribution < -0.4 is 15.4 Å². The Bertz CT molecular complexity index is 1280. The Balaban J connectivity index is 1.42. The number of hydrogen-bond acceptors (Lipinski definition) is 3. The highest BCUT2D eigenvalue weighted by molar-refractivity contribution is 5.95. The Morgan fingerprint density at radius 1 is 0.941 bits per heavy atom. The van der Waals surface area contributed by atoms with E-state index in [0.717, 1.165) is 33.3 Å². The lowest BCUT2D eigenvalue weighted by Crippen LogP contribution is -2.33. The molecule has 0 bridgehead atoms. The van der Waals surface area contributed by atoms with E-state index in [1.165, 1.54) is 0 Å². The number of methoxy groups -OCH3 is 1. The van der Waals surface area contributed by atoms with Gasteiger partial charge in [0.1, 0.15) is 5.75 Å². The Labute approximate surface area is 199 Å². The van der Waals surface area contributed by atoms with Crippen LogP contribution in [-0.2, 0) is 4.79 Å². The molecule has 6 heteroatoms. The van der Waals surface area contributed by atoms with Crippen molar-refractivity contribution in [2.45, 2.75) is 19.3 Å². The number of rotatable bonds is 9. The third kappa shape index (κ3) is 5.29. The van der Waals surface area contributed by atoms with Crippen LogP contribution in [0.2, 0.25) is 0 Å². The lowest BCUT2D eigenvalue weighted by Gasteiger charge is -2.19. The molecule has 3 N–H and O–H groups in total. The molecule has 4 aromatic rings. The number of benzene rings is 3. The van der Waals surface area contributed by atoms with Gasteiger partial charge in [-0.05, 0) is 47.9 Å². The summed E-state index contributed by atoms with van der Waals surface area (Å²) in [6.45, 7) is 2.61. The smallest absolute Gasteiger partial charge is 0.251 e. The van der Waals surface area contributed by atoms with E-state index in [2.05, 4.69) is 21.7 Å². The SMILES string of the molecule is COc1ccc(C(CNC(=O)CCNC(=O)c2ccccc2C)c2c[nH]c3ccccc23)cc1. The molecule has 0 aliphatic carbocycles. The minimum absolute atomic E-state index is 0.0347. The zero-order chi connectivity index (χ0) is 23.9. The molecule has 4 rings (SSSR count). The maximum atomic E-state index is 12.6. The van der Waals surface area contributed by atoms with Crippen molar-refractivity contribution in [3.63, 3.8) is 0 Å². The van der Waals surface area contributed by atoms with Crippen LogP contribution in [0, 0.1) is 6.92 Å². The Morgan fingerprint density at radius 2 is 1.68 bits per heavy atom. The van der Waals surface area contributed by atoms with Gasteiger partial charge in [0, 0.05) is 48.1 Å². The van der Waals surface area contributed by atoms with Crippen molar-refractivity contribution in [2.75, 3.05) is 20.2 Å². The first kappa shape index (κ1) is 23.1. The molecule has 0 aliphatic heterocycles. The summed E-state index contributed by atoms with van der Waals surface area (Å²) < 4.78 is 5.30. The summed E-state index contributed by atoms with van der Waals surface area (Å²) in [4.78, 5) is 28.3. The van der Waals surface area contributed by atoms with Crippen molar-refractivity contribution in [1.29, 1.82) is 0 Å². The molecule has 1 unspecified atom stereocenters. The minimum atomic E-state index is -0.166. The predicted molar refractivity (Wildman–Crippen MR) is 134 cm³/mol. The van der Waals surface area contributed by atoms with Gasteiger partial charge in [-0.15, -0.1) is 0 Å². The highest BCUT2D eigenvalue weighted by Crippen LogP contribution is 2.31. The fourth-order valence-electron chi connectivity index (χ4n) is 4.14. The minimum Gasteiger partial charge on any atom is -0.497 e. The van der Waals surface area contributed by atoms with Gasteiger partial charge in [-0.25, -0.2) is 0 Å². The molecule has 6 nitrogen and oxygen atoms in total. The molecule has 0 fully saturated rings. The molecule has 0 aliphatic rings. The lowest BCUT2D eigenvalue weighted by atomic mass is 9.90. The molecule has 3 aromatic carbocycles. The van der Waals surface area contributed by atoms with E-state index in [4.69, 9.17) is 4.74 Å². The van der Waals surface area contributed by atoms with Crippen LogP contribution >= 0.6 is 0 Å². The summed E-state index contributed by atoms with van der Waals surface area (Å²) in [5, 5.41) is 7.02. The van der Waals surface area contributed by atoms with Crippen LogP contribution in [0.3, 0.4) is 0 Å². The van der Waals surface area contributed by atoms with E-state index in [1.807, 2.05) is 73.8 Å². The molecular weight excluding hydrogens is 426 g/mol. The quantitative estimate of drug-likeness (QED) is 0.346. The van der Waals surface area contributed by atoms with Gasteiger partial charge in [0.15, 0.2) is 0 Å². The van der Waals surface area contributed by atoms with E-state index in [0.29, 0.717) is 12.1 Å². The number of para-hydroxylation sites is 1. The van der Waals surface area contributed by atoms with Crippen molar-refractivity contribution in [1.82, 2.24) is 15.6 Å². The summed E-state index contributed by atoms with van der Waals surface area (Å²) in [6, 6.07) is 23.5. The summed E-state index contributed by atoms with van der Waals surface area (Å²) in [5.41, 5.74) is 4.79. The molecule has 0 saturated heterocycles. The van der Waals surface area contributed by atoms with E-state index >= 15 is 0 Å². The van der Waals surface area contributed by atoms with Crippen molar-refractivity contribution >= 4 is 22.7 Å². The molecular formula is C28H29N3O3. The van der Waals surface area contributed by atoms with Crippen LogP contribution in [0.4, 0.5) is 0 Å². The molecule has 1 aromatic heterocycles. The van der Waals surface area contributed by atoms with Gasteiger partial charge < -0.3 is 20.4 Å². The summed E-state index contributed by atoms with van der Waals surface area (Å²) in [5.74, 6) is 0.478. The van der Waals surface area contributed by atoms with E-state index < -0.39 is 0 Å². The number of H-pyrrole nitrogens is 1. The standard InChI is InChI=1S/C28H29N3O3/c1-19-7-3-4-8-22(19)28(33)29-16-15-27(32)31-17-24(20-11-13-21(34-2)14-12-20)25-18-30-26-10-6-5-9-23(25)26/h3-14,18,24,30H,15-17H2,1-2H3,(H,29,33)(H,31,32). The summed E-state index contributed by atoms with van der Waals surface area (Å²) in [6.07, 6.45) is 2.22. The van der Waals surface area contributed by atoms with E-state index in [-0.39, 0.29) is 30.7 Å². The molecule has 174 valence electrons. The molecule has 1 heterocycles. The second-order valence-electron chi connectivity index (χ2n) is 8.24. The van der Waals surface area contributed by atoms with E-state index in [9.17, 15) is 9.59 Å². The highest BCUT2D eigenvalue weighted by atomic mass is 16.5. The third-order valence-electron chi connectivity index (χ3n) is 6.05. The number of aromatic amines is 1. The Kier molecular flexibility index (Phi) is 7.28. The number of amides is 2. The van der Waals surface area contributed by atoms with Crippen LogP contribution in [0.5, 0.6) is 5.75 Å². The molecule has 0 radical (unpaired) electrons. The van der Waals surface area contributed by atoms with Crippen LogP contribution in [-0.4, -0.2) is 37.0 Å². The Hall–Kier alpha value is -4.06. The number of nitrogens with one attached hydrogen (secondary N) is 3. The summed E-state index contributed by atoms with van der Waals surface area (Å²) >= 11 is 0. The van der Waals surface area contributed by atoms with E-state index in [1.54, 1.807) is 13.2 Å². The van der Waals surface area contributed by atoms with Crippen molar-refractivity contribution in [3.05, 3.63) is 101 Å². The monoisotopic (exact) mass is 455 g/mol. The second kappa shape index (κ2) is 10.7. The fourth-order valence-corrected chi connectivity index (χ4v) is 4.14. The fraction of sp³-hybridized carbons (Fsp3) is 0.214. The molecule has 0 spiro atoms. The number of ether oxygens (including phenoxy) is 1. The average molecular weight is 456 g/mol. The number of aryl methyl sites for hydroxylation is 1. The first-order valence-corrected chi connectivity index (χ1v) is 11.4. The molecule has 34 heavy (non-hydrogen) atoms. The number of carbonyl (C=O) groups excluding carboxylic acids is 2. The van der Waals surface area contributed by atoms with Crippen LogP contribution in [0.15, 0.2) is 79.0 Å². The number of fused-ring (bicyclic) bond motifs is 1. The first-order chi connectivity index (χ1) is 16.6. The number of hydrogen-bond donors (Lipinski definition) is 3. The van der Waals surface area contributed by atoms with Gasteiger partial charge >= 0.3 is 0 Å². The predicted octanol–water partition coefficient (Wildman–Crippen LogP) is 4.55. The normalized spacial score (nSPS) is 11.7. The van der Waals surface area contributed by atoms with Crippen LogP contribution in [0.25, 0.3) is 10.9 Å². The number of aromatic nitrogens is 1. The zero-order valence-electron chi connectivity index (χ0n) is 19.4. The third-order valence-corrected chi connectivity index (χ3v) is 6.05. The topological polar surface area (TPSA) is 83.2 Å². The van der Waals surface area contributed by atoms with Crippen molar-refractivity contribution in [3.8, 4) is 5.75 Å². The van der Waals surface area contributed by atoms with Crippen molar-refractivity contribution < 1.29 is 14.3 Å². The zero-order valence-corrected chi connectivity index (χ0v) is 19.4. The van der Waals surface area contributed by atoms with Gasteiger partial charge in [0.25, 0.3) is 5.91 Å². The lowest BCUT2D eigenvalue weighted by molar-refractivity contribution is -0.120. The molecule has 0 saturated carbocycles. The number of carbonyl (C=O) groups is 2. The maximum Gasteiger partial charge on any atom is 0.251 e. The highest BCUT2D eigenvalue weighted by Gasteiger charge is 2.19. The van der Waals surface area contributed by atoms with Gasteiger partial charge in [-0.3, -0.25) is 9.59 Å². The van der Waals surface area contributed by atoms with Gasteiger partial charge in [0.05, 0.1) is 7.11 Å². The average Bonchev–Trinajstić information content (AvgIpc) is 3.29. The largest absolute Gasteiger partial charge is 0.497 e. The van der Waals surface area contributed by atoms with Crippen LogP contribution in [0.1, 0.15) is 39.4 Å². The molecule has 1 atom stereocenters. The second-order valence-corrected chi connectivity index (χ2v) is 8.24. The van der Waals surface area contributed by atoms with Gasteiger partial charge in [0.2, 0.25) is 5.91 Å².